The maximum absolute atomic E-state index is 12.6. The minimum Gasteiger partial charge on any atom is -0.385 e. The molecule has 1 aliphatic rings. The van der Waals surface area contributed by atoms with Gasteiger partial charge in [-0.1, -0.05) is 91.0 Å². The van der Waals surface area contributed by atoms with Crippen LogP contribution in [-0.2, 0) is 9.84 Å². The molecule has 3 aromatic carbocycles. The summed E-state index contributed by atoms with van der Waals surface area (Å²) >= 11 is 0. The Morgan fingerprint density at radius 2 is 1.14 bits per heavy atom. The zero-order chi connectivity index (χ0) is 20.5. The zero-order valence-electron chi connectivity index (χ0n) is 16.3. The lowest BCUT2D eigenvalue weighted by Gasteiger charge is -2.53. The van der Waals surface area contributed by atoms with Gasteiger partial charge < -0.3 is 5.11 Å². The van der Waals surface area contributed by atoms with E-state index in [1.54, 1.807) is 12.1 Å². The molecule has 0 aromatic heterocycles. The van der Waals surface area contributed by atoms with Crippen molar-refractivity contribution in [1.82, 2.24) is 4.90 Å². The molecule has 1 N–H and O–H groups in total. The monoisotopic (exact) mass is 407 g/mol. The van der Waals surface area contributed by atoms with Crippen LogP contribution in [0.3, 0.4) is 0 Å². The molecule has 0 amide bonds. The van der Waals surface area contributed by atoms with Crippen molar-refractivity contribution >= 4 is 9.84 Å². The summed E-state index contributed by atoms with van der Waals surface area (Å²) < 4.78 is 25.2. The van der Waals surface area contributed by atoms with Crippen LogP contribution in [0, 0.1) is 0 Å². The van der Waals surface area contributed by atoms with E-state index in [9.17, 15) is 13.5 Å². The SMILES string of the molecule is CS(=O)(=O)C(c1ccccc1)C1(O)CN(C(c2ccccc2)c2ccccc2)C1. The summed E-state index contributed by atoms with van der Waals surface area (Å²) in [5.41, 5.74) is 1.55. The lowest BCUT2D eigenvalue weighted by atomic mass is 9.83. The van der Waals surface area contributed by atoms with E-state index < -0.39 is 20.7 Å². The van der Waals surface area contributed by atoms with E-state index in [1.165, 1.54) is 6.26 Å². The van der Waals surface area contributed by atoms with Crippen LogP contribution in [0.4, 0.5) is 0 Å². The summed E-state index contributed by atoms with van der Waals surface area (Å²) in [7, 11) is -3.49. The third-order valence-corrected chi connectivity index (χ3v) is 7.14. The Balaban J connectivity index is 1.66. The molecular formula is C24H25NO3S. The number of β-amino-alcohol motifs (C(OH)–C–C–N with tert-alkyl or cyclic N) is 1. The van der Waals surface area contributed by atoms with Gasteiger partial charge in [0.2, 0.25) is 0 Å². The fourth-order valence-electron chi connectivity index (χ4n) is 4.47. The summed E-state index contributed by atoms with van der Waals surface area (Å²) in [6.45, 7) is 0.572. The Labute approximate surface area is 172 Å². The molecular weight excluding hydrogens is 382 g/mol. The largest absolute Gasteiger partial charge is 0.385 e. The second kappa shape index (κ2) is 7.75. The Morgan fingerprint density at radius 3 is 1.52 bits per heavy atom. The number of hydrogen-bond acceptors (Lipinski definition) is 4. The molecule has 0 bridgehead atoms. The van der Waals surface area contributed by atoms with Gasteiger partial charge in [-0.25, -0.2) is 8.42 Å². The Hall–Kier alpha value is -2.47. The average Bonchev–Trinajstić information content (AvgIpc) is 2.68. The molecule has 0 radical (unpaired) electrons. The van der Waals surface area contributed by atoms with Gasteiger partial charge in [0.05, 0.1) is 6.04 Å². The van der Waals surface area contributed by atoms with Crippen LogP contribution in [0.1, 0.15) is 28.0 Å². The summed E-state index contributed by atoms with van der Waals surface area (Å²) in [6, 6.07) is 29.2. The molecule has 4 nitrogen and oxygen atoms in total. The van der Waals surface area contributed by atoms with Crippen LogP contribution >= 0.6 is 0 Å². The average molecular weight is 408 g/mol. The first-order valence-corrected chi connectivity index (χ1v) is 11.6. The maximum atomic E-state index is 12.6. The van der Waals surface area contributed by atoms with Crippen molar-refractivity contribution in [2.45, 2.75) is 16.9 Å². The number of hydrogen-bond donors (Lipinski definition) is 1. The zero-order valence-corrected chi connectivity index (χ0v) is 17.2. The van der Waals surface area contributed by atoms with Crippen molar-refractivity contribution in [3.8, 4) is 0 Å². The van der Waals surface area contributed by atoms with E-state index in [4.69, 9.17) is 0 Å². The second-order valence-electron chi connectivity index (χ2n) is 7.85. The fraction of sp³-hybridized carbons (Fsp3) is 0.250. The van der Waals surface area contributed by atoms with E-state index in [-0.39, 0.29) is 19.1 Å². The van der Waals surface area contributed by atoms with Crippen LogP contribution in [-0.4, -0.2) is 43.4 Å². The van der Waals surface area contributed by atoms with Gasteiger partial charge in [0.15, 0.2) is 9.84 Å². The highest BCUT2D eigenvalue weighted by molar-refractivity contribution is 7.91. The third kappa shape index (κ3) is 3.99. The molecule has 1 heterocycles. The highest BCUT2D eigenvalue weighted by atomic mass is 32.2. The summed E-state index contributed by atoms with van der Waals surface area (Å²) in [5.74, 6) is 0. The minimum atomic E-state index is -3.49. The van der Waals surface area contributed by atoms with E-state index in [0.717, 1.165) is 11.1 Å². The molecule has 0 saturated carbocycles. The standard InChI is InChI=1S/C24H25NO3S/c1-29(27,28)23(21-15-9-4-10-16-21)24(26)17-25(18-24)22(19-11-5-2-6-12-19)20-13-7-3-8-14-20/h2-16,22-23,26H,17-18H2,1H3. The highest BCUT2D eigenvalue weighted by Crippen LogP contribution is 2.44. The molecule has 4 rings (SSSR count). The van der Waals surface area contributed by atoms with E-state index in [1.807, 2.05) is 54.6 Å². The molecule has 1 saturated heterocycles. The lowest BCUT2D eigenvalue weighted by molar-refractivity contribution is -0.112. The summed E-state index contributed by atoms with van der Waals surface area (Å²) in [6.07, 6.45) is 1.21. The lowest BCUT2D eigenvalue weighted by Crippen LogP contribution is -2.66. The van der Waals surface area contributed by atoms with Crippen molar-refractivity contribution in [1.29, 1.82) is 0 Å². The van der Waals surface area contributed by atoms with Gasteiger partial charge in [0.1, 0.15) is 10.9 Å². The molecule has 1 unspecified atom stereocenters. The van der Waals surface area contributed by atoms with Crippen molar-refractivity contribution in [2.75, 3.05) is 19.3 Å². The minimum absolute atomic E-state index is 0.0336. The predicted octanol–water partition coefficient (Wildman–Crippen LogP) is 3.61. The predicted molar refractivity (Wildman–Crippen MR) is 115 cm³/mol. The normalized spacial score (nSPS) is 17.6. The molecule has 150 valence electrons. The molecule has 1 atom stereocenters. The van der Waals surface area contributed by atoms with Gasteiger partial charge in [-0.3, -0.25) is 4.90 Å². The topological polar surface area (TPSA) is 57.6 Å². The molecule has 0 spiro atoms. The molecule has 0 aliphatic carbocycles. The number of benzene rings is 3. The number of rotatable bonds is 6. The first kappa shape index (κ1) is 19.8. The van der Waals surface area contributed by atoms with Crippen molar-refractivity contribution in [2.24, 2.45) is 0 Å². The smallest absolute Gasteiger partial charge is 0.157 e. The van der Waals surface area contributed by atoms with Crippen LogP contribution < -0.4 is 0 Å². The molecule has 1 fully saturated rings. The number of sulfone groups is 1. The van der Waals surface area contributed by atoms with Gasteiger partial charge in [0, 0.05) is 19.3 Å². The van der Waals surface area contributed by atoms with Gasteiger partial charge in [-0.05, 0) is 16.7 Å². The van der Waals surface area contributed by atoms with Gasteiger partial charge in [-0.15, -0.1) is 0 Å². The van der Waals surface area contributed by atoms with Crippen LogP contribution in [0.5, 0.6) is 0 Å². The molecule has 29 heavy (non-hydrogen) atoms. The van der Waals surface area contributed by atoms with Gasteiger partial charge >= 0.3 is 0 Å². The summed E-state index contributed by atoms with van der Waals surface area (Å²) in [5, 5.41) is 10.4. The van der Waals surface area contributed by atoms with Crippen molar-refractivity contribution < 1.29 is 13.5 Å². The van der Waals surface area contributed by atoms with Crippen LogP contribution in [0.15, 0.2) is 91.0 Å². The first-order chi connectivity index (χ1) is 13.9. The maximum Gasteiger partial charge on any atom is 0.157 e. The molecule has 1 aliphatic heterocycles. The number of aliphatic hydroxyl groups is 1. The molecule has 3 aromatic rings. The Morgan fingerprint density at radius 1 is 0.759 bits per heavy atom. The van der Waals surface area contributed by atoms with Crippen LogP contribution in [0.25, 0.3) is 0 Å². The number of likely N-dealkylation sites (tertiary alicyclic amines) is 1. The van der Waals surface area contributed by atoms with E-state index in [0.29, 0.717) is 5.56 Å². The van der Waals surface area contributed by atoms with Crippen LogP contribution in [0.2, 0.25) is 0 Å². The fourth-order valence-corrected chi connectivity index (χ4v) is 6.07. The second-order valence-corrected chi connectivity index (χ2v) is 9.98. The van der Waals surface area contributed by atoms with Crippen molar-refractivity contribution in [3.63, 3.8) is 0 Å². The van der Waals surface area contributed by atoms with Crippen molar-refractivity contribution in [3.05, 3.63) is 108 Å². The van der Waals surface area contributed by atoms with Gasteiger partial charge in [0.25, 0.3) is 0 Å². The Kier molecular flexibility index (Phi) is 5.30. The quantitative estimate of drug-likeness (QED) is 0.678. The molecule has 5 heteroatoms. The Bertz CT molecular complexity index is 1010. The highest BCUT2D eigenvalue weighted by Gasteiger charge is 2.54. The summed E-state index contributed by atoms with van der Waals surface area (Å²) in [4.78, 5) is 2.14. The third-order valence-electron chi connectivity index (χ3n) is 5.57. The van der Waals surface area contributed by atoms with Gasteiger partial charge in [-0.2, -0.15) is 0 Å². The number of nitrogens with zero attached hydrogens (tertiary/aromatic N) is 1. The van der Waals surface area contributed by atoms with E-state index in [2.05, 4.69) is 29.2 Å². The first-order valence-electron chi connectivity index (χ1n) is 9.69. The van der Waals surface area contributed by atoms with E-state index >= 15 is 0 Å².